The van der Waals surface area contributed by atoms with Crippen molar-refractivity contribution in [2.24, 2.45) is 0 Å². The maximum atomic E-state index is 12.2. The Morgan fingerprint density at radius 1 is 1.37 bits per heavy atom. The molecular weight excluding hydrogens is 250 g/mol. The average molecular weight is 273 g/mol. The number of hydrogen-bond acceptors (Lipinski definition) is 5. The van der Waals surface area contributed by atoms with Crippen LogP contribution in [0, 0.1) is 0 Å². The van der Waals surface area contributed by atoms with E-state index in [0.29, 0.717) is 12.8 Å². The Labute approximate surface area is 113 Å². The Bertz CT molecular complexity index is 311. The van der Waals surface area contributed by atoms with Gasteiger partial charge in [0.05, 0.1) is 31.0 Å². The van der Waals surface area contributed by atoms with Gasteiger partial charge in [-0.25, -0.2) is 0 Å². The zero-order chi connectivity index (χ0) is 13.8. The number of hydrogen-bond donors (Lipinski definition) is 3. The maximum absolute atomic E-state index is 12.2. The zero-order valence-corrected chi connectivity index (χ0v) is 11.2. The maximum Gasteiger partial charge on any atom is 0.252 e. The van der Waals surface area contributed by atoms with E-state index in [9.17, 15) is 9.90 Å². The number of nitrogens with one attached hydrogen (secondary N) is 1. The molecule has 5 atom stereocenters. The van der Waals surface area contributed by atoms with Crippen molar-refractivity contribution >= 4 is 5.91 Å². The van der Waals surface area contributed by atoms with Gasteiger partial charge in [0.1, 0.15) is 0 Å². The highest BCUT2D eigenvalue weighted by Gasteiger charge is 2.38. The first-order valence-corrected chi connectivity index (χ1v) is 6.93. The van der Waals surface area contributed by atoms with Gasteiger partial charge in [0.25, 0.3) is 5.91 Å². The number of carbonyl (C=O) groups is 1. The molecule has 2 aliphatic rings. The molecule has 0 aromatic rings. The summed E-state index contributed by atoms with van der Waals surface area (Å²) in [4.78, 5) is 12.2. The molecule has 110 valence electrons. The van der Waals surface area contributed by atoms with E-state index >= 15 is 0 Å². The van der Waals surface area contributed by atoms with Crippen LogP contribution in [-0.4, -0.2) is 60.3 Å². The van der Waals surface area contributed by atoms with Gasteiger partial charge in [-0.3, -0.25) is 4.79 Å². The van der Waals surface area contributed by atoms with Crippen molar-refractivity contribution in [3.63, 3.8) is 0 Å². The van der Waals surface area contributed by atoms with E-state index in [4.69, 9.17) is 14.6 Å². The summed E-state index contributed by atoms with van der Waals surface area (Å²) in [5, 5.41) is 21.7. The van der Waals surface area contributed by atoms with E-state index in [1.54, 1.807) is 7.11 Å². The van der Waals surface area contributed by atoms with Gasteiger partial charge in [0, 0.05) is 7.11 Å². The van der Waals surface area contributed by atoms with Crippen molar-refractivity contribution in [1.82, 2.24) is 5.32 Å². The number of amides is 1. The third-order valence-corrected chi connectivity index (χ3v) is 4.02. The highest BCUT2D eigenvalue weighted by Crippen LogP contribution is 2.24. The SMILES string of the molecule is COC1CCC(CO)OC1C(=O)N[C@H]1CCC[C@@H]1O. The summed E-state index contributed by atoms with van der Waals surface area (Å²) >= 11 is 0. The number of aliphatic hydroxyl groups is 2. The Hall–Kier alpha value is -0.690. The Morgan fingerprint density at radius 2 is 2.16 bits per heavy atom. The quantitative estimate of drug-likeness (QED) is 0.647. The number of ether oxygens (including phenoxy) is 2. The van der Waals surface area contributed by atoms with Gasteiger partial charge in [-0.2, -0.15) is 0 Å². The molecule has 3 unspecified atom stereocenters. The lowest BCUT2D eigenvalue weighted by Crippen LogP contribution is -2.53. The lowest BCUT2D eigenvalue weighted by atomic mass is 10.00. The fraction of sp³-hybridized carbons (Fsp3) is 0.923. The fourth-order valence-electron chi connectivity index (χ4n) is 2.84. The summed E-state index contributed by atoms with van der Waals surface area (Å²) in [7, 11) is 1.55. The lowest BCUT2D eigenvalue weighted by Gasteiger charge is -2.34. The van der Waals surface area contributed by atoms with Gasteiger partial charge in [0.15, 0.2) is 6.10 Å². The zero-order valence-electron chi connectivity index (χ0n) is 11.2. The summed E-state index contributed by atoms with van der Waals surface area (Å²) in [6, 6.07) is -0.192. The topological polar surface area (TPSA) is 88.0 Å². The first kappa shape index (κ1) is 14.7. The standard InChI is InChI=1S/C13H23NO5/c1-18-11-6-5-8(7-15)19-12(11)13(17)14-9-3-2-4-10(9)16/h8-12,15-16H,2-7H2,1H3,(H,14,17)/t8?,9-,10-,11?,12?/m0/s1. The van der Waals surface area contributed by atoms with Crippen molar-refractivity contribution < 1.29 is 24.5 Å². The van der Waals surface area contributed by atoms with Crippen LogP contribution in [-0.2, 0) is 14.3 Å². The van der Waals surface area contributed by atoms with E-state index in [0.717, 1.165) is 19.3 Å². The van der Waals surface area contributed by atoms with E-state index in [-0.39, 0.29) is 30.8 Å². The van der Waals surface area contributed by atoms with Crippen LogP contribution in [0.5, 0.6) is 0 Å². The predicted molar refractivity (Wildman–Crippen MR) is 67.6 cm³/mol. The van der Waals surface area contributed by atoms with Crippen LogP contribution in [0.4, 0.5) is 0 Å². The highest BCUT2D eigenvalue weighted by atomic mass is 16.6. The smallest absolute Gasteiger partial charge is 0.252 e. The van der Waals surface area contributed by atoms with E-state index in [1.807, 2.05) is 0 Å². The minimum absolute atomic E-state index is 0.0910. The Kier molecular flexibility index (Phi) is 5.15. The second-order valence-corrected chi connectivity index (χ2v) is 5.33. The van der Waals surface area contributed by atoms with Gasteiger partial charge < -0.3 is 25.0 Å². The van der Waals surface area contributed by atoms with Crippen LogP contribution in [0.25, 0.3) is 0 Å². The third kappa shape index (κ3) is 3.45. The molecule has 1 heterocycles. The van der Waals surface area contributed by atoms with E-state index in [2.05, 4.69) is 5.32 Å². The first-order valence-electron chi connectivity index (χ1n) is 6.93. The minimum atomic E-state index is -0.705. The first-order chi connectivity index (χ1) is 9.15. The van der Waals surface area contributed by atoms with Crippen molar-refractivity contribution in [1.29, 1.82) is 0 Å². The summed E-state index contributed by atoms with van der Waals surface area (Å²) < 4.78 is 10.9. The largest absolute Gasteiger partial charge is 0.394 e. The Morgan fingerprint density at radius 3 is 2.74 bits per heavy atom. The molecule has 6 nitrogen and oxygen atoms in total. The van der Waals surface area contributed by atoms with Crippen molar-refractivity contribution in [2.75, 3.05) is 13.7 Å². The van der Waals surface area contributed by atoms with Gasteiger partial charge >= 0.3 is 0 Å². The summed E-state index contributed by atoms with van der Waals surface area (Å²) in [6.07, 6.45) is 2.04. The summed E-state index contributed by atoms with van der Waals surface area (Å²) in [5.41, 5.74) is 0. The molecule has 0 aromatic carbocycles. The molecule has 0 aromatic heterocycles. The molecule has 0 radical (unpaired) electrons. The summed E-state index contributed by atoms with van der Waals surface area (Å²) in [5.74, 6) is -0.254. The van der Waals surface area contributed by atoms with Crippen LogP contribution in [0.1, 0.15) is 32.1 Å². The van der Waals surface area contributed by atoms with Gasteiger partial charge in [-0.1, -0.05) is 0 Å². The van der Waals surface area contributed by atoms with Crippen molar-refractivity contribution in [3.8, 4) is 0 Å². The van der Waals surface area contributed by atoms with Crippen LogP contribution in [0.15, 0.2) is 0 Å². The van der Waals surface area contributed by atoms with Gasteiger partial charge in [-0.15, -0.1) is 0 Å². The molecule has 0 bridgehead atoms. The van der Waals surface area contributed by atoms with Gasteiger partial charge in [0.2, 0.25) is 0 Å². The molecule has 1 aliphatic carbocycles. The molecule has 0 spiro atoms. The molecule has 3 N–H and O–H groups in total. The van der Waals surface area contributed by atoms with Crippen LogP contribution in [0.2, 0.25) is 0 Å². The third-order valence-electron chi connectivity index (χ3n) is 4.02. The number of aliphatic hydroxyl groups excluding tert-OH is 2. The molecule has 2 fully saturated rings. The number of rotatable bonds is 4. The van der Waals surface area contributed by atoms with E-state index < -0.39 is 12.2 Å². The predicted octanol–water partition coefficient (Wildman–Crippen LogP) is -0.429. The monoisotopic (exact) mass is 273 g/mol. The highest BCUT2D eigenvalue weighted by molar-refractivity contribution is 5.82. The molecule has 1 amide bonds. The van der Waals surface area contributed by atoms with Crippen molar-refractivity contribution in [3.05, 3.63) is 0 Å². The molecule has 6 heteroatoms. The Balaban J connectivity index is 1.94. The average Bonchev–Trinajstić information content (AvgIpc) is 2.83. The number of carbonyl (C=O) groups excluding carboxylic acids is 1. The molecular formula is C13H23NO5. The number of methoxy groups -OCH3 is 1. The van der Waals surface area contributed by atoms with E-state index in [1.165, 1.54) is 0 Å². The molecule has 1 saturated carbocycles. The molecule has 2 rings (SSSR count). The van der Waals surface area contributed by atoms with Crippen LogP contribution in [0.3, 0.4) is 0 Å². The van der Waals surface area contributed by atoms with Gasteiger partial charge in [-0.05, 0) is 32.1 Å². The minimum Gasteiger partial charge on any atom is -0.394 e. The van der Waals surface area contributed by atoms with Crippen LogP contribution >= 0.6 is 0 Å². The summed E-state index contributed by atoms with van der Waals surface area (Å²) in [6.45, 7) is -0.0910. The molecule has 1 aliphatic heterocycles. The molecule has 1 saturated heterocycles. The molecule has 19 heavy (non-hydrogen) atoms. The van der Waals surface area contributed by atoms with Crippen LogP contribution < -0.4 is 5.32 Å². The normalized spacial score (nSPS) is 39.2. The lowest BCUT2D eigenvalue weighted by molar-refractivity contribution is -0.167. The second-order valence-electron chi connectivity index (χ2n) is 5.33. The fourth-order valence-corrected chi connectivity index (χ4v) is 2.84. The van der Waals surface area contributed by atoms with Crippen molar-refractivity contribution in [2.45, 2.75) is 62.6 Å². The second kappa shape index (κ2) is 6.65.